The topological polar surface area (TPSA) is 32.3 Å². The normalized spacial score (nSPS) is 16.0. The van der Waals surface area contributed by atoms with Gasteiger partial charge in [-0.05, 0) is 60.1 Å². The summed E-state index contributed by atoms with van der Waals surface area (Å²) in [5, 5.41) is 7.45. The van der Waals surface area contributed by atoms with Gasteiger partial charge in [0, 0.05) is 23.5 Å². The third kappa shape index (κ3) is 3.97. The molecule has 0 radical (unpaired) electrons. The molecular weight excluding hydrogens is 340 g/mol. The van der Waals surface area contributed by atoms with Crippen LogP contribution in [0.1, 0.15) is 28.1 Å². The van der Waals surface area contributed by atoms with Gasteiger partial charge in [0.15, 0.2) is 0 Å². The van der Waals surface area contributed by atoms with Gasteiger partial charge in [-0.25, -0.2) is 0 Å². The predicted molar refractivity (Wildman–Crippen MR) is 109 cm³/mol. The fourth-order valence-electron chi connectivity index (χ4n) is 3.73. The van der Waals surface area contributed by atoms with Crippen LogP contribution >= 0.6 is 11.3 Å². The number of rotatable bonds is 5. The standard InChI is InChI=1S/C22H24N2OS/c25-22(21-9-3-6-18-5-1-2-8-20(18)21)23-15-17-10-12-24(13-11-17)16-19-7-4-14-26-19/h1-9,14,17H,10-13,15-16H2,(H,23,25). The van der Waals surface area contributed by atoms with E-state index in [4.69, 9.17) is 0 Å². The highest BCUT2D eigenvalue weighted by Crippen LogP contribution is 2.21. The summed E-state index contributed by atoms with van der Waals surface area (Å²) in [6, 6.07) is 18.3. The van der Waals surface area contributed by atoms with Gasteiger partial charge in [0.2, 0.25) is 0 Å². The van der Waals surface area contributed by atoms with Gasteiger partial charge in [-0.2, -0.15) is 0 Å². The Hall–Kier alpha value is -2.17. The van der Waals surface area contributed by atoms with Crippen LogP contribution < -0.4 is 5.32 Å². The van der Waals surface area contributed by atoms with Crippen molar-refractivity contribution in [1.82, 2.24) is 10.2 Å². The first-order valence-electron chi connectivity index (χ1n) is 9.30. The number of hydrogen-bond donors (Lipinski definition) is 1. The zero-order valence-corrected chi connectivity index (χ0v) is 15.7. The van der Waals surface area contributed by atoms with Crippen LogP contribution in [-0.2, 0) is 6.54 Å². The Labute approximate surface area is 158 Å². The number of amides is 1. The number of nitrogens with one attached hydrogen (secondary N) is 1. The maximum absolute atomic E-state index is 12.7. The van der Waals surface area contributed by atoms with Gasteiger partial charge in [0.25, 0.3) is 5.91 Å². The van der Waals surface area contributed by atoms with Crippen molar-refractivity contribution in [3.63, 3.8) is 0 Å². The maximum Gasteiger partial charge on any atom is 0.251 e. The summed E-state index contributed by atoms with van der Waals surface area (Å²) in [7, 11) is 0. The van der Waals surface area contributed by atoms with Gasteiger partial charge < -0.3 is 5.32 Å². The van der Waals surface area contributed by atoms with Crippen LogP contribution in [0.2, 0.25) is 0 Å². The third-order valence-corrected chi connectivity index (χ3v) is 6.11. The molecule has 0 spiro atoms. The minimum absolute atomic E-state index is 0.0443. The van der Waals surface area contributed by atoms with Gasteiger partial charge in [-0.1, -0.05) is 42.5 Å². The smallest absolute Gasteiger partial charge is 0.251 e. The van der Waals surface area contributed by atoms with E-state index < -0.39 is 0 Å². The molecule has 1 amide bonds. The summed E-state index contributed by atoms with van der Waals surface area (Å²) >= 11 is 1.83. The first-order chi connectivity index (χ1) is 12.8. The summed E-state index contributed by atoms with van der Waals surface area (Å²) in [4.78, 5) is 16.6. The van der Waals surface area contributed by atoms with E-state index in [1.807, 2.05) is 41.7 Å². The number of thiophene rings is 1. The molecule has 1 fully saturated rings. The Kier molecular flexibility index (Phi) is 5.32. The summed E-state index contributed by atoms with van der Waals surface area (Å²) in [6.07, 6.45) is 2.31. The monoisotopic (exact) mass is 364 g/mol. The van der Waals surface area contributed by atoms with E-state index in [2.05, 4.69) is 39.9 Å². The number of piperidine rings is 1. The average molecular weight is 365 g/mol. The second-order valence-corrected chi connectivity index (χ2v) is 8.07. The molecule has 0 atom stereocenters. The Bertz CT molecular complexity index is 861. The van der Waals surface area contributed by atoms with Gasteiger partial charge in [-0.3, -0.25) is 9.69 Å². The van der Waals surface area contributed by atoms with Crippen LogP contribution in [0, 0.1) is 5.92 Å². The Morgan fingerprint density at radius 3 is 2.65 bits per heavy atom. The molecule has 4 rings (SSSR count). The molecular formula is C22H24N2OS. The minimum Gasteiger partial charge on any atom is -0.352 e. The molecule has 1 N–H and O–H groups in total. The number of hydrogen-bond acceptors (Lipinski definition) is 3. The fourth-order valence-corrected chi connectivity index (χ4v) is 4.47. The van der Waals surface area contributed by atoms with Crippen molar-refractivity contribution in [2.24, 2.45) is 5.92 Å². The van der Waals surface area contributed by atoms with Crippen molar-refractivity contribution in [3.8, 4) is 0 Å². The SMILES string of the molecule is O=C(NCC1CCN(Cc2cccs2)CC1)c1cccc2ccccc12. The third-order valence-electron chi connectivity index (χ3n) is 5.25. The zero-order chi connectivity index (χ0) is 17.8. The van der Waals surface area contributed by atoms with E-state index in [0.717, 1.165) is 55.4 Å². The van der Waals surface area contributed by atoms with Crippen LogP contribution in [0.5, 0.6) is 0 Å². The van der Waals surface area contributed by atoms with Crippen molar-refractivity contribution in [2.45, 2.75) is 19.4 Å². The Morgan fingerprint density at radius 2 is 1.85 bits per heavy atom. The van der Waals surface area contributed by atoms with Gasteiger partial charge in [0.1, 0.15) is 0 Å². The Morgan fingerprint density at radius 1 is 1.04 bits per heavy atom. The molecule has 1 aromatic heterocycles. The lowest BCUT2D eigenvalue weighted by atomic mass is 9.96. The largest absolute Gasteiger partial charge is 0.352 e. The van der Waals surface area contributed by atoms with E-state index >= 15 is 0 Å². The minimum atomic E-state index is 0.0443. The molecule has 3 nitrogen and oxygen atoms in total. The molecule has 0 bridgehead atoms. The van der Waals surface area contributed by atoms with Crippen LogP contribution in [0.3, 0.4) is 0 Å². The number of fused-ring (bicyclic) bond motifs is 1. The summed E-state index contributed by atoms with van der Waals surface area (Å²) < 4.78 is 0. The second kappa shape index (κ2) is 8.02. The van der Waals surface area contributed by atoms with Crippen molar-refractivity contribution >= 4 is 28.0 Å². The lowest BCUT2D eigenvalue weighted by Gasteiger charge is -2.31. The molecule has 3 aromatic rings. The molecule has 0 saturated carbocycles. The molecule has 26 heavy (non-hydrogen) atoms. The molecule has 0 unspecified atom stereocenters. The molecule has 2 aromatic carbocycles. The van der Waals surface area contributed by atoms with E-state index in [-0.39, 0.29) is 5.91 Å². The van der Waals surface area contributed by atoms with E-state index in [9.17, 15) is 4.79 Å². The van der Waals surface area contributed by atoms with Crippen LogP contribution in [0.25, 0.3) is 10.8 Å². The Balaban J connectivity index is 1.30. The van der Waals surface area contributed by atoms with Crippen LogP contribution in [-0.4, -0.2) is 30.4 Å². The van der Waals surface area contributed by atoms with Crippen LogP contribution in [0.4, 0.5) is 0 Å². The highest BCUT2D eigenvalue weighted by Gasteiger charge is 2.20. The molecule has 1 aliphatic rings. The first kappa shape index (κ1) is 17.3. The van der Waals surface area contributed by atoms with E-state index in [0.29, 0.717) is 5.92 Å². The van der Waals surface area contributed by atoms with E-state index in [1.54, 1.807) is 0 Å². The molecule has 134 valence electrons. The van der Waals surface area contributed by atoms with Crippen molar-refractivity contribution < 1.29 is 4.79 Å². The van der Waals surface area contributed by atoms with Crippen molar-refractivity contribution in [1.29, 1.82) is 0 Å². The number of benzene rings is 2. The number of carbonyl (C=O) groups excluding carboxylic acids is 1. The summed E-state index contributed by atoms with van der Waals surface area (Å²) in [6.45, 7) is 4.07. The van der Waals surface area contributed by atoms with Gasteiger partial charge in [-0.15, -0.1) is 11.3 Å². The quantitative estimate of drug-likeness (QED) is 0.721. The zero-order valence-electron chi connectivity index (χ0n) is 14.9. The predicted octanol–water partition coefficient (Wildman–Crippen LogP) is 4.54. The number of likely N-dealkylation sites (tertiary alicyclic amines) is 1. The molecule has 0 aliphatic carbocycles. The van der Waals surface area contributed by atoms with Gasteiger partial charge in [0.05, 0.1) is 0 Å². The van der Waals surface area contributed by atoms with Crippen molar-refractivity contribution in [2.75, 3.05) is 19.6 Å². The average Bonchev–Trinajstić information content (AvgIpc) is 3.20. The summed E-state index contributed by atoms with van der Waals surface area (Å²) in [5.41, 5.74) is 0.776. The number of nitrogens with zero attached hydrogens (tertiary/aromatic N) is 1. The fraction of sp³-hybridized carbons (Fsp3) is 0.318. The van der Waals surface area contributed by atoms with Gasteiger partial charge >= 0.3 is 0 Å². The van der Waals surface area contributed by atoms with Crippen molar-refractivity contribution in [3.05, 3.63) is 70.4 Å². The lowest BCUT2D eigenvalue weighted by molar-refractivity contribution is 0.0937. The first-order valence-corrected chi connectivity index (χ1v) is 10.2. The number of carbonyl (C=O) groups is 1. The lowest BCUT2D eigenvalue weighted by Crippen LogP contribution is -2.38. The second-order valence-electron chi connectivity index (χ2n) is 7.04. The molecule has 2 heterocycles. The summed E-state index contributed by atoms with van der Waals surface area (Å²) in [5.74, 6) is 0.622. The highest BCUT2D eigenvalue weighted by molar-refractivity contribution is 7.09. The van der Waals surface area contributed by atoms with E-state index in [1.165, 1.54) is 4.88 Å². The molecule has 4 heteroatoms. The highest BCUT2D eigenvalue weighted by atomic mass is 32.1. The molecule has 1 aliphatic heterocycles. The van der Waals surface area contributed by atoms with Crippen LogP contribution in [0.15, 0.2) is 60.0 Å². The molecule has 1 saturated heterocycles. The maximum atomic E-state index is 12.7.